The summed E-state index contributed by atoms with van der Waals surface area (Å²) in [5.41, 5.74) is 2.77. The number of rotatable bonds is 3. The zero-order valence-electron chi connectivity index (χ0n) is 11.7. The average molecular weight is 245 g/mol. The summed E-state index contributed by atoms with van der Waals surface area (Å²) < 4.78 is 0. The molecule has 0 spiro atoms. The van der Waals surface area contributed by atoms with Crippen molar-refractivity contribution in [1.82, 2.24) is 10.6 Å². The van der Waals surface area contributed by atoms with Crippen molar-refractivity contribution in [2.75, 3.05) is 13.1 Å². The van der Waals surface area contributed by atoms with Gasteiger partial charge in [-0.25, -0.2) is 0 Å². The molecule has 3 nitrogen and oxygen atoms in total. The van der Waals surface area contributed by atoms with Gasteiger partial charge >= 0.3 is 0 Å². The minimum absolute atomic E-state index is 0.0993. The molecule has 2 N–H and O–H groups in total. The maximum Gasteiger partial charge on any atom is 0.191 e. The van der Waals surface area contributed by atoms with Crippen molar-refractivity contribution >= 4 is 5.96 Å². The first-order chi connectivity index (χ1) is 8.47. The maximum absolute atomic E-state index is 4.43. The fourth-order valence-corrected chi connectivity index (χ4v) is 2.13. The van der Waals surface area contributed by atoms with E-state index in [4.69, 9.17) is 0 Å². The molecule has 98 valence electrons. The van der Waals surface area contributed by atoms with Crippen LogP contribution in [0.25, 0.3) is 0 Å². The predicted octanol–water partition coefficient (Wildman–Crippen LogP) is 2.21. The quantitative estimate of drug-likeness (QED) is 0.856. The van der Waals surface area contributed by atoms with E-state index in [-0.39, 0.29) is 5.41 Å². The molecule has 1 unspecified atom stereocenters. The van der Waals surface area contributed by atoms with Crippen LogP contribution in [0.4, 0.5) is 0 Å². The van der Waals surface area contributed by atoms with E-state index in [0.29, 0.717) is 6.04 Å². The van der Waals surface area contributed by atoms with E-state index in [2.05, 4.69) is 67.6 Å². The van der Waals surface area contributed by atoms with Crippen molar-refractivity contribution < 1.29 is 0 Å². The Morgan fingerprint density at radius 1 is 1.44 bits per heavy atom. The van der Waals surface area contributed by atoms with Gasteiger partial charge in [-0.2, -0.15) is 0 Å². The molecule has 1 aromatic carbocycles. The molecular formula is C15H23N3. The van der Waals surface area contributed by atoms with Crippen molar-refractivity contribution in [3.05, 3.63) is 35.4 Å². The van der Waals surface area contributed by atoms with Gasteiger partial charge in [0.2, 0.25) is 0 Å². The van der Waals surface area contributed by atoms with E-state index in [1.54, 1.807) is 0 Å². The highest BCUT2D eigenvalue weighted by Gasteiger charge is 2.22. The number of guanidine groups is 1. The van der Waals surface area contributed by atoms with E-state index in [1.807, 2.05) is 0 Å². The molecule has 0 aliphatic carbocycles. The fraction of sp³-hybridized carbons (Fsp3) is 0.533. The lowest BCUT2D eigenvalue weighted by Crippen LogP contribution is -2.43. The van der Waals surface area contributed by atoms with Gasteiger partial charge in [0.15, 0.2) is 5.96 Å². The minimum atomic E-state index is 0.0993. The van der Waals surface area contributed by atoms with Gasteiger partial charge in [-0.3, -0.25) is 4.99 Å². The third-order valence-electron chi connectivity index (χ3n) is 3.40. The number of benzene rings is 1. The second-order valence-electron chi connectivity index (χ2n) is 5.84. The van der Waals surface area contributed by atoms with Gasteiger partial charge < -0.3 is 10.6 Å². The van der Waals surface area contributed by atoms with Crippen LogP contribution in [0.3, 0.4) is 0 Å². The van der Waals surface area contributed by atoms with Crippen LogP contribution >= 0.6 is 0 Å². The van der Waals surface area contributed by atoms with E-state index < -0.39 is 0 Å². The number of nitrogens with zero attached hydrogens (tertiary/aromatic N) is 1. The number of hydrogen-bond donors (Lipinski definition) is 2. The van der Waals surface area contributed by atoms with Crippen LogP contribution in [0.2, 0.25) is 0 Å². The molecule has 1 heterocycles. The Hall–Kier alpha value is -1.51. The van der Waals surface area contributed by atoms with E-state index >= 15 is 0 Å². The van der Waals surface area contributed by atoms with Gasteiger partial charge in [0.25, 0.3) is 0 Å². The summed E-state index contributed by atoms with van der Waals surface area (Å²) in [6, 6.07) is 9.17. The Balaban J connectivity index is 1.99. The lowest BCUT2D eigenvalue weighted by Gasteiger charge is -2.26. The third-order valence-corrected chi connectivity index (χ3v) is 3.40. The summed E-state index contributed by atoms with van der Waals surface area (Å²) >= 11 is 0. The molecule has 18 heavy (non-hydrogen) atoms. The molecule has 0 aromatic heterocycles. The molecule has 0 radical (unpaired) electrons. The Bertz CT molecular complexity index is 449. The Kier molecular flexibility index (Phi) is 3.60. The molecule has 2 rings (SSSR count). The summed E-state index contributed by atoms with van der Waals surface area (Å²) in [6.45, 7) is 10.5. The summed E-state index contributed by atoms with van der Waals surface area (Å²) in [7, 11) is 0. The zero-order valence-corrected chi connectivity index (χ0v) is 11.7. The van der Waals surface area contributed by atoms with E-state index in [0.717, 1.165) is 19.0 Å². The zero-order chi connectivity index (χ0) is 13.2. The topological polar surface area (TPSA) is 36.4 Å². The Morgan fingerprint density at radius 3 is 2.83 bits per heavy atom. The van der Waals surface area contributed by atoms with Gasteiger partial charge in [0.05, 0.1) is 6.54 Å². The van der Waals surface area contributed by atoms with Gasteiger partial charge in [-0.15, -0.1) is 0 Å². The van der Waals surface area contributed by atoms with Gasteiger partial charge in [-0.05, 0) is 19.4 Å². The van der Waals surface area contributed by atoms with Crippen LogP contribution in [-0.4, -0.2) is 25.1 Å². The van der Waals surface area contributed by atoms with Crippen LogP contribution < -0.4 is 10.6 Å². The van der Waals surface area contributed by atoms with Crippen LogP contribution in [-0.2, 0) is 5.41 Å². The molecule has 0 fully saturated rings. The standard InChI is InChI=1S/C15H23N3/c1-11-6-5-7-13(8-11)15(3,4)10-17-14-16-9-12(2)18-14/h5-8,12H,9-10H2,1-4H3,(H2,16,17,18). The number of nitrogens with one attached hydrogen (secondary N) is 2. The molecule has 0 amide bonds. The Labute approximate surface area is 110 Å². The average Bonchev–Trinajstić information content (AvgIpc) is 2.73. The monoisotopic (exact) mass is 245 g/mol. The van der Waals surface area contributed by atoms with Gasteiger partial charge in [0.1, 0.15) is 0 Å². The number of hydrogen-bond acceptors (Lipinski definition) is 3. The SMILES string of the molecule is Cc1cccc(C(C)(C)CNC2=NCC(C)N2)c1. The van der Waals surface area contributed by atoms with Crippen LogP contribution in [0.15, 0.2) is 29.3 Å². The second kappa shape index (κ2) is 5.01. The second-order valence-corrected chi connectivity index (χ2v) is 5.84. The normalized spacial score (nSPS) is 19.3. The van der Waals surface area contributed by atoms with Crippen LogP contribution in [0.1, 0.15) is 31.9 Å². The van der Waals surface area contributed by atoms with Crippen molar-refractivity contribution in [3.63, 3.8) is 0 Å². The van der Waals surface area contributed by atoms with Gasteiger partial charge in [-0.1, -0.05) is 43.7 Å². The molecule has 1 atom stereocenters. The van der Waals surface area contributed by atoms with E-state index in [1.165, 1.54) is 11.1 Å². The van der Waals surface area contributed by atoms with Crippen molar-refractivity contribution in [3.8, 4) is 0 Å². The molecule has 1 aliphatic heterocycles. The number of aliphatic imine (C=N–C) groups is 1. The largest absolute Gasteiger partial charge is 0.356 e. The molecule has 0 bridgehead atoms. The smallest absolute Gasteiger partial charge is 0.191 e. The molecule has 0 saturated carbocycles. The van der Waals surface area contributed by atoms with Crippen molar-refractivity contribution in [1.29, 1.82) is 0 Å². The first-order valence-corrected chi connectivity index (χ1v) is 6.59. The third kappa shape index (κ3) is 3.03. The lowest BCUT2D eigenvalue weighted by atomic mass is 9.84. The molecule has 3 heteroatoms. The summed E-state index contributed by atoms with van der Waals surface area (Å²) in [5.74, 6) is 0.934. The van der Waals surface area contributed by atoms with Gasteiger partial charge in [0, 0.05) is 18.0 Å². The predicted molar refractivity (Wildman–Crippen MR) is 77.1 cm³/mol. The summed E-state index contributed by atoms with van der Waals surface area (Å²) in [4.78, 5) is 4.43. The lowest BCUT2D eigenvalue weighted by molar-refractivity contribution is 0.509. The summed E-state index contributed by atoms with van der Waals surface area (Å²) in [6.07, 6.45) is 0. The highest BCUT2D eigenvalue weighted by molar-refractivity contribution is 5.81. The maximum atomic E-state index is 4.43. The van der Waals surface area contributed by atoms with E-state index in [9.17, 15) is 0 Å². The molecule has 1 aliphatic rings. The summed E-state index contributed by atoms with van der Waals surface area (Å²) in [5, 5.41) is 6.74. The molecule has 0 saturated heterocycles. The highest BCUT2D eigenvalue weighted by atomic mass is 15.2. The van der Waals surface area contributed by atoms with Crippen LogP contribution in [0, 0.1) is 6.92 Å². The van der Waals surface area contributed by atoms with Crippen LogP contribution in [0.5, 0.6) is 0 Å². The fourth-order valence-electron chi connectivity index (χ4n) is 2.13. The molecular weight excluding hydrogens is 222 g/mol. The van der Waals surface area contributed by atoms with Crippen molar-refractivity contribution in [2.24, 2.45) is 4.99 Å². The van der Waals surface area contributed by atoms with Crippen molar-refractivity contribution in [2.45, 2.75) is 39.2 Å². The Morgan fingerprint density at radius 2 is 2.22 bits per heavy atom. The highest BCUT2D eigenvalue weighted by Crippen LogP contribution is 2.23. The number of aryl methyl sites for hydroxylation is 1. The minimum Gasteiger partial charge on any atom is -0.356 e. The first kappa shape index (κ1) is 12.9. The first-order valence-electron chi connectivity index (χ1n) is 6.59. The molecule has 1 aromatic rings.